The summed E-state index contributed by atoms with van der Waals surface area (Å²) in [7, 11) is 1.14. The Bertz CT molecular complexity index is 644. The van der Waals surface area contributed by atoms with Crippen molar-refractivity contribution in [2.24, 2.45) is 5.92 Å². The van der Waals surface area contributed by atoms with Crippen molar-refractivity contribution in [3.05, 3.63) is 29.6 Å². The Labute approximate surface area is 128 Å². The number of hydrogen-bond acceptors (Lipinski definition) is 3. The summed E-state index contributed by atoms with van der Waals surface area (Å²) in [6.45, 7) is 1.97. The minimum absolute atomic E-state index is 0.0147. The van der Waals surface area contributed by atoms with Gasteiger partial charge in [-0.3, -0.25) is 4.79 Å². The van der Waals surface area contributed by atoms with Gasteiger partial charge in [-0.1, -0.05) is 19.8 Å². The normalized spacial score (nSPS) is 16.5. The zero-order valence-electron chi connectivity index (χ0n) is 11.6. The molecule has 1 aliphatic carbocycles. The fourth-order valence-corrected chi connectivity index (χ4v) is 2.94. The van der Waals surface area contributed by atoms with Crippen molar-refractivity contribution in [3.8, 4) is 0 Å². The molecule has 21 heavy (non-hydrogen) atoms. The summed E-state index contributed by atoms with van der Waals surface area (Å²) in [5, 5.41) is 2.79. The molecule has 0 heterocycles. The van der Waals surface area contributed by atoms with Crippen LogP contribution in [-0.2, 0) is 9.05 Å². The van der Waals surface area contributed by atoms with Crippen LogP contribution in [0.4, 0.5) is 4.39 Å². The fraction of sp³-hybridized carbons (Fsp3) is 0.500. The Morgan fingerprint density at radius 1 is 1.48 bits per heavy atom. The first-order chi connectivity index (χ1) is 9.81. The molecule has 1 atom stereocenters. The van der Waals surface area contributed by atoms with Gasteiger partial charge >= 0.3 is 0 Å². The number of nitrogens with one attached hydrogen (secondary N) is 1. The molecular formula is C14H17ClFNO3S. The van der Waals surface area contributed by atoms with Crippen LogP contribution in [0.2, 0.25) is 0 Å². The number of carbonyl (C=O) groups excluding carboxylic acids is 1. The topological polar surface area (TPSA) is 63.2 Å². The van der Waals surface area contributed by atoms with Gasteiger partial charge in [0.2, 0.25) is 0 Å². The third kappa shape index (κ3) is 4.41. The van der Waals surface area contributed by atoms with Crippen LogP contribution in [0.25, 0.3) is 0 Å². The van der Waals surface area contributed by atoms with Gasteiger partial charge in [0.15, 0.2) is 0 Å². The van der Waals surface area contributed by atoms with E-state index in [1.807, 2.05) is 6.92 Å². The van der Waals surface area contributed by atoms with Crippen molar-refractivity contribution in [1.82, 2.24) is 5.32 Å². The summed E-state index contributed by atoms with van der Waals surface area (Å²) in [6.07, 6.45) is 4.04. The standard InChI is InChI=1S/C14H17ClFNO3S/c1-2-10(7-9-3-4-9)17-14(18)12-6-5-11(8-13(12)16)21(15,19)20/h5-6,8-10H,2-4,7H2,1H3,(H,17,18). The molecule has 1 aromatic carbocycles. The maximum Gasteiger partial charge on any atom is 0.261 e. The molecule has 1 amide bonds. The van der Waals surface area contributed by atoms with Gasteiger partial charge in [0.25, 0.3) is 15.0 Å². The molecule has 0 bridgehead atoms. The van der Waals surface area contributed by atoms with E-state index in [0.717, 1.165) is 31.0 Å². The molecule has 1 N–H and O–H groups in total. The molecule has 2 rings (SSSR count). The Morgan fingerprint density at radius 2 is 2.14 bits per heavy atom. The lowest BCUT2D eigenvalue weighted by molar-refractivity contribution is 0.0928. The van der Waals surface area contributed by atoms with E-state index in [1.165, 1.54) is 12.8 Å². The van der Waals surface area contributed by atoms with Gasteiger partial charge < -0.3 is 5.32 Å². The third-order valence-electron chi connectivity index (χ3n) is 3.61. The van der Waals surface area contributed by atoms with Gasteiger partial charge in [0.05, 0.1) is 10.5 Å². The highest BCUT2D eigenvalue weighted by molar-refractivity contribution is 8.13. The minimum Gasteiger partial charge on any atom is -0.349 e. The first-order valence-electron chi connectivity index (χ1n) is 6.86. The second-order valence-corrected chi connectivity index (χ2v) is 7.90. The van der Waals surface area contributed by atoms with Crippen molar-refractivity contribution in [2.45, 2.75) is 43.5 Å². The van der Waals surface area contributed by atoms with Gasteiger partial charge in [0.1, 0.15) is 5.82 Å². The number of amides is 1. The third-order valence-corrected chi connectivity index (χ3v) is 4.96. The van der Waals surface area contributed by atoms with E-state index < -0.39 is 20.8 Å². The zero-order valence-corrected chi connectivity index (χ0v) is 13.2. The number of halogens is 2. The van der Waals surface area contributed by atoms with Crippen LogP contribution in [0, 0.1) is 11.7 Å². The summed E-state index contributed by atoms with van der Waals surface area (Å²) in [5.74, 6) is -0.766. The van der Waals surface area contributed by atoms with Crippen molar-refractivity contribution in [2.75, 3.05) is 0 Å². The fourth-order valence-electron chi connectivity index (χ4n) is 2.18. The van der Waals surface area contributed by atoms with Gasteiger partial charge in [-0.15, -0.1) is 0 Å². The van der Waals surface area contributed by atoms with E-state index in [9.17, 15) is 17.6 Å². The highest BCUT2D eigenvalue weighted by Gasteiger charge is 2.26. The van der Waals surface area contributed by atoms with Crippen LogP contribution in [-0.4, -0.2) is 20.4 Å². The predicted octanol–water partition coefficient (Wildman–Crippen LogP) is 3.06. The molecule has 1 fully saturated rings. The van der Waals surface area contributed by atoms with E-state index in [2.05, 4.69) is 5.32 Å². The summed E-state index contributed by atoms with van der Waals surface area (Å²) in [5.41, 5.74) is -0.173. The maximum atomic E-state index is 13.9. The lowest BCUT2D eigenvalue weighted by Crippen LogP contribution is -2.35. The molecular weight excluding hydrogens is 317 g/mol. The quantitative estimate of drug-likeness (QED) is 0.814. The van der Waals surface area contributed by atoms with Gasteiger partial charge in [0, 0.05) is 16.7 Å². The average molecular weight is 334 g/mol. The molecule has 0 saturated heterocycles. The second-order valence-electron chi connectivity index (χ2n) is 5.34. The highest BCUT2D eigenvalue weighted by atomic mass is 35.7. The van der Waals surface area contributed by atoms with E-state index in [-0.39, 0.29) is 16.5 Å². The molecule has 7 heteroatoms. The molecule has 1 unspecified atom stereocenters. The largest absolute Gasteiger partial charge is 0.349 e. The van der Waals surface area contributed by atoms with Crippen molar-refractivity contribution in [3.63, 3.8) is 0 Å². The molecule has 1 aliphatic rings. The molecule has 0 spiro atoms. The molecule has 0 radical (unpaired) electrons. The molecule has 0 aromatic heterocycles. The molecule has 0 aliphatic heterocycles. The Hall–Kier alpha value is -1.14. The van der Waals surface area contributed by atoms with Crippen molar-refractivity contribution < 1.29 is 17.6 Å². The Kier molecular flexibility index (Phi) is 4.88. The van der Waals surface area contributed by atoms with Crippen molar-refractivity contribution >= 4 is 25.6 Å². The number of rotatable bonds is 6. The number of carbonyl (C=O) groups is 1. The monoisotopic (exact) mass is 333 g/mol. The smallest absolute Gasteiger partial charge is 0.261 e. The molecule has 4 nitrogen and oxygen atoms in total. The Morgan fingerprint density at radius 3 is 2.62 bits per heavy atom. The molecule has 1 aromatic rings. The minimum atomic E-state index is -4.00. The van der Waals surface area contributed by atoms with Gasteiger partial charge in [-0.05, 0) is 37.0 Å². The van der Waals surface area contributed by atoms with Crippen LogP contribution in [0.5, 0.6) is 0 Å². The van der Waals surface area contributed by atoms with Crippen LogP contribution >= 0.6 is 10.7 Å². The van der Waals surface area contributed by atoms with Gasteiger partial charge in [-0.25, -0.2) is 12.8 Å². The van der Waals surface area contributed by atoms with Crippen molar-refractivity contribution in [1.29, 1.82) is 0 Å². The Balaban J connectivity index is 2.11. The summed E-state index contributed by atoms with van der Waals surface area (Å²) >= 11 is 0. The molecule has 1 saturated carbocycles. The summed E-state index contributed by atoms with van der Waals surface area (Å²) in [4.78, 5) is 11.7. The van der Waals surface area contributed by atoms with Crippen LogP contribution in [0.15, 0.2) is 23.1 Å². The second kappa shape index (κ2) is 6.32. The van der Waals surface area contributed by atoms with E-state index in [4.69, 9.17) is 10.7 Å². The predicted molar refractivity (Wildman–Crippen MR) is 78.3 cm³/mol. The first-order valence-corrected chi connectivity index (χ1v) is 9.17. The van der Waals surface area contributed by atoms with Gasteiger partial charge in [-0.2, -0.15) is 0 Å². The molecule has 116 valence electrons. The lowest BCUT2D eigenvalue weighted by atomic mass is 10.1. The zero-order chi connectivity index (χ0) is 15.6. The average Bonchev–Trinajstić information content (AvgIpc) is 3.20. The first kappa shape index (κ1) is 16.2. The number of benzene rings is 1. The number of hydrogen-bond donors (Lipinski definition) is 1. The highest BCUT2D eigenvalue weighted by Crippen LogP contribution is 2.34. The van der Waals surface area contributed by atoms with Crippen LogP contribution < -0.4 is 5.32 Å². The summed E-state index contributed by atoms with van der Waals surface area (Å²) < 4.78 is 36.1. The van der Waals surface area contributed by atoms with E-state index in [0.29, 0.717) is 5.92 Å². The lowest BCUT2D eigenvalue weighted by Gasteiger charge is -2.17. The van der Waals surface area contributed by atoms with Crippen LogP contribution in [0.3, 0.4) is 0 Å². The summed E-state index contributed by atoms with van der Waals surface area (Å²) in [6, 6.07) is 3.05. The maximum absolute atomic E-state index is 13.9. The van der Waals surface area contributed by atoms with E-state index >= 15 is 0 Å². The SMILES string of the molecule is CCC(CC1CC1)NC(=O)c1ccc(S(=O)(=O)Cl)cc1F. The van der Waals surface area contributed by atoms with Crippen LogP contribution in [0.1, 0.15) is 43.0 Å². The van der Waals surface area contributed by atoms with E-state index in [1.54, 1.807) is 0 Å².